The second-order valence-corrected chi connectivity index (χ2v) is 10.7. The minimum atomic E-state index is -4.69. The molecule has 2 fully saturated rings. The van der Waals surface area contributed by atoms with Crippen molar-refractivity contribution < 1.29 is 22.7 Å². The molecular formula is C28H32F3N7O2. The van der Waals surface area contributed by atoms with E-state index in [1.807, 2.05) is 18.0 Å². The monoisotopic (exact) mass is 555 g/mol. The lowest BCUT2D eigenvalue weighted by molar-refractivity contribution is -0.139. The summed E-state index contributed by atoms with van der Waals surface area (Å²) in [5.41, 5.74) is -0.224. The molecule has 9 nitrogen and oxygen atoms in total. The number of unbranched alkanes of at least 4 members (excludes halogenated alkanes) is 1. The van der Waals surface area contributed by atoms with Crippen LogP contribution in [0.25, 0.3) is 22.3 Å². The molecule has 212 valence electrons. The van der Waals surface area contributed by atoms with Crippen LogP contribution in [0.4, 0.5) is 13.2 Å². The SMILES string of the molecule is CN1CCC[C@@H]1C(=O)N1CC[C@H](CCCCOc2ncc(-c3nc(C#N)nc4c3ccn4C)cc2C(F)(F)F)C1. The Morgan fingerprint density at radius 3 is 2.75 bits per heavy atom. The molecule has 3 aromatic rings. The van der Waals surface area contributed by atoms with Gasteiger partial charge in [0, 0.05) is 43.5 Å². The molecule has 12 heteroatoms. The van der Waals surface area contributed by atoms with Gasteiger partial charge in [-0.05, 0) is 70.2 Å². The molecule has 40 heavy (non-hydrogen) atoms. The van der Waals surface area contributed by atoms with E-state index >= 15 is 0 Å². The first kappa shape index (κ1) is 27.8. The molecule has 0 spiro atoms. The third-order valence-electron chi connectivity index (χ3n) is 7.90. The van der Waals surface area contributed by atoms with E-state index in [0.29, 0.717) is 23.4 Å². The molecule has 0 bridgehead atoms. The highest BCUT2D eigenvalue weighted by atomic mass is 19.4. The lowest BCUT2D eigenvalue weighted by atomic mass is 10.0. The number of likely N-dealkylation sites (tertiary alicyclic amines) is 2. The zero-order valence-corrected chi connectivity index (χ0v) is 22.6. The van der Waals surface area contributed by atoms with Gasteiger partial charge >= 0.3 is 6.18 Å². The van der Waals surface area contributed by atoms with Gasteiger partial charge < -0.3 is 14.2 Å². The van der Waals surface area contributed by atoms with E-state index in [1.165, 1.54) is 6.20 Å². The van der Waals surface area contributed by atoms with Crippen molar-refractivity contribution in [2.75, 3.05) is 33.3 Å². The van der Waals surface area contributed by atoms with Crippen molar-refractivity contribution >= 4 is 16.9 Å². The normalized spacial score (nSPS) is 19.9. The van der Waals surface area contributed by atoms with Gasteiger partial charge in [0.2, 0.25) is 17.6 Å². The van der Waals surface area contributed by atoms with Crippen molar-refractivity contribution in [2.24, 2.45) is 13.0 Å². The van der Waals surface area contributed by atoms with Gasteiger partial charge in [-0.2, -0.15) is 18.4 Å². The number of aryl methyl sites for hydroxylation is 1. The van der Waals surface area contributed by atoms with E-state index in [-0.39, 0.29) is 35.6 Å². The number of halogens is 3. The first-order valence-corrected chi connectivity index (χ1v) is 13.6. The summed E-state index contributed by atoms with van der Waals surface area (Å²) in [4.78, 5) is 29.2. The van der Waals surface area contributed by atoms with E-state index in [9.17, 15) is 23.2 Å². The largest absolute Gasteiger partial charge is 0.477 e. The average molecular weight is 556 g/mol. The summed E-state index contributed by atoms with van der Waals surface area (Å²) in [6, 6.07) is 4.51. The minimum absolute atomic E-state index is 0.00433. The molecule has 0 saturated carbocycles. The predicted octanol–water partition coefficient (Wildman–Crippen LogP) is 4.41. The third kappa shape index (κ3) is 5.75. The fourth-order valence-electron chi connectivity index (χ4n) is 5.71. The molecule has 3 aromatic heterocycles. The highest BCUT2D eigenvalue weighted by molar-refractivity contribution is 5.91. The standard InChI is InChI=1S/C28H32F3N7O2/c1-36-10-5-7-22(36)27(39)38-12-8-18(17-38)6-3-4-13-40-26-21(28(29,30)31)14-19(16-33-26)24-20-9-11-37(2)25(20)35-23(15-32)34-24/h9,11,14,16,18,22H,3-8,10,12-13,17H2,1-2H3/t18-,22+/m0/s1. The number of ether oxygens (including phenoxy) is 1. The van der Waals surface area contributed by atoms with Crippen molar-refractivity contribution in [1.82, 2.24) is 29.3 Å². The van der Waals surface area contributed by atoms with Crippen LogP contribution in [0.15, 0.2) is 24.5 Å². The summed E-state index contributed by atoms with van der Waals surface area (Å²) in [7, 11) is 3.73. The van der Waals surface area contributed by atoms with Crippen LogP contribution in [0, 0.1) is 17.2 Å². The van der Waals surface area contributed by atoms with Crippen molar-refractivity contribution in [3.8, 4) is 23.2 Å². The van der Waals surface area contributed by atoms with Crippen molar-refractivity contribution in [2.45, 2.75) is 50.7 Å². The Labute approximate surface area is 230 Å². The molecule has 2 saturated heterocycles. The molecule has 0 aliphatic carbocycles. The number of nitrogens with zero attached hydrogens (tertiary/aromatic N) is 7. The highest BCUT2D eigenvalue weighted by Gasteiger charge is 2.37. The second kappa shape index (κ2) is 11.4. The highest BCUT2D eigenvalue weighted by Crippen LogP contribution is 2.38. The fourth-order valence-corrected chi connectivity index (χ4v) is 5.71. The zero-order chi connectivity index (χ0) is 28.4. The maximum Gasteiger partial charge on any atom is 0.421 e. The molecule has 5 rings (SSSR count). The summed E-state index contributed by atoms with van der Waals surface area (Å²) in [5.74, 6) is 0.00545. The molecule has 2 aliphatic heterocycles. The number of carbonyl (C=O) groups is 1. The van der Waals surface area contributed by atoms with E-state index in [4.69, 9.17) is 4.74 Å². The molecule has 0 aromatic carbocycles. The second-order valence-electron chi connectivity index (χ2n) is 10.7. The number of alkyl halides is 3. The molecule has 5 heterocycles. The Morgan fingerprint density at radius 2 is 2.02 bits per heavy atom. The summed E-state index contributed by atoms with van der Waals surface area (Å²) in [5, 5.41) is 9.83. The smallest absolute Gasteiger partial charge is 0.421 e. The number of rotatable bonds is 8. The molecule has 0 N–H and O–H groups in total. The lowest BCUT2D eigenvalue weighted by Gasteiger charge is -2.25. The average Bonchev–Trinajstić information content (AvgIpc) is 3.67. The maximum absolute atomic E-state index is 14.0. The number of hydrogen-bond acceptors (Lipinski definition) is 7. The maximum atomic E-state index is 14.0. The number of carbonyl (C=O) groups excluding carboxylic acids is 1. The lowest BCUT2D eigenvalue weighted by Crippen LogP contribution is -2.43. The number of amides is 1. The van der Waals surface area contributed by atoms with Crippen LogP contribution >= 0.6 is 0 Å². The number of pyridine rings is 1. The Morgan fingerprint density at radius 1 is 1.20 bits per heavy atom. The summed E-state index contributed by atoms with van der Waals surface area (Å²) < 4.78 is 49.1. The first-order chi connectivity index (χ1) is 19.2. The molecular weight excluding hydrogens is 523 g/mol. The Hall–Kier alpha value is -3.72. The molecule has 2 atom stereocenters. The van der Waals surface area contributed by atoms with E-state index in [0.717, 1.165) is 57.8 Å². The summed E-state index contributed by atoms with van der Waals surface area (Å²) >= 11 is 0. The number of nitriles is 1. The minimum Gasteiger partial charge on any atom is -0.477 e. The molecule has 0 unspecified atom stereocenters. The number of hydrogen-bond donors (Lipinski definition) is 0. The number of aromatic nitrogens is 4. The van der Waals surface area contributed by atoms with E-state index in [2.05, 4.69) is 19.9 Å². The number of fused-ring (bicyclic) bond motifs is 1. The van der Waals surface area contributed by atoms with Crippen molar-refractivity contribution in [3.63, 3.8) is 0 Å². The first-order valence-electron chi connectivity index (χ1n) is 13.6. The zero-order valence-electron chi connectivity index (χ0n) is 22.6. The van der Waals surface area contributed by atoms with Crippen LogP contribution < -0.4 is 4.74 Å². The number of likely N-dealkylation sites (N-methyl/N-ethyl adjacent to an activating group) is 1. The van der Waals surface area contributed by atoms with E-state index in [1.54, 1.807) is 23.9 Å². The van der Waals surface area contributed by atoms with Crippen LogP contribution in [0.2, 0.25) is 0 Å². The predicted molar refractivity (Wildman–Crippen MR) is 141 cm³/mol. The molecule has 1 amide bonds. The third-order valence-corrected chi connectivity index (χ3v) is 7.90. The van der Waals surface area contributed by atoms with Crippen LogP contribution in [-0.2, 0) is 18.0 Å². The summed E-state index contributed by atoms with van der Waals surface area (Å²) in [6.45, 7) is 2.58. The van der Waals surface area contributed by atoms with Gasteiger partial charge in [0.15, 0.2) is 0 Å². The van der Waals surface area contributed by atoms with Gasteiger partial charge in [-0.1, -0.05) is 0 Å². The fraction of sp³-hybridized carbons (Fsp3) is 0.536. The quantitative estimate of drug-likeness (QED) is 0.380. The van der Waals surface area contributed by atoms with Crippen LogP contribution in [-0.4, -0.2) is 74.6 Å². The van der Waals surface area contributed by atoms with Gasteiger partial charge in [0.05, 0.1) is 18.3 Å². The topological polar surface area (TPSA) is 100 Å². The van der Waals surface area contributed by atoms with Crippen molar-refractivity contribution in [3.05, 3.63) is 35.9 Å². The Balaban J connectivity index is 1.19. The van der Waals surface area contributed by atoms with Crippen LogP contribution in [0.1, 0.15) is 49.9 Å². The molecule has 0 radical (unpaired) electrons. The molecule has 2 aliphatic rings. The van der Waals surface area contributed by atoms with Crippen LogP contribution in [0.5, 0.6) is 5.88 Å². The Bertz CT molecular complexity index is 1430. The summed E-state index contributed by atoms with van der Waals surface area (Å²) in [6.07, 6.45) is 3.49. The van der Waals surface area contributed by atoms with E-state index < -0.39 is 17.6 Å². The van der Waals surface area contributed by atoms with Gasteiger partial charge in [0.1, 0.15) is 17.3 Å². The van der Waals surface area contributed by atoms with Crippen molar-refractivity contribution in [1.29, 1.82) is 5.26 Å². The van der Waals surface area contributed by atoms with Gasteiger partial charge in [0.25, 0.3) is 0 Å². The van der Waals surface area contributed by atoms with Gasteiger partial charge in [-0.3, -0.25) is 9.69 Å². The van der Waals surface area contributed by atoms with Crippen LogP contribution in [0.3, 0.4) is 0 Å². The van der Waals surface area contributed by atoms with Gasteiger partial charge in [-0.15, -0.1) is 0 Å². The Kier molecular flexibility index (Phi) is 7.94. The van der Waals surface area contributed by atoms with Gasteiger partial charge in [-0.25, -0.2) is 15.0 Å².